The van der Waals surface area contributed by atoms with E-state index in [0.29, 0.717) is 17.9 Å². The fraction of sp³-hybridized carbons (Fsp3) is 0.348. The van der Waals surface area contributed by atoms with Crippen LogP contribution in [-0.2, 0) is 16.1 Å². The minimum absolute atomic E-state index is 0.00318. The van der Waals surface area contributed by atoms with Crippen LogP contribution in [-0.4, -0.2) is 55.4 Å². The number of rotatable bonds is 12. The molecule has 1 atom stereocenters. The molecule has 13 heteroatoms. The Morgan fingerprint density at radius 2 is 1.92 bits per heavy atom. The summed E-state index contributed by atoms with van der Waals surface area (Å²) in [6.45, 7) is 2.79. The maximum atomic E-state index is 12.5. The molecule has 3 rings (SSSR count). The van der Waals surface area contributed by atoms with Crippen molar-refractivity contribution in [2.45, 2.75) is 45.2 Å². The topological polar surface area (TPSA) is 205 Å². The predicted octanol–water partition coefficient (Wildman–Crippen LogP) is 0.787. The van der Waals surface area contributed by atoms with Gasteiger partial charge in [0.15, 0.2) is 11.2 Å². The summed E-state index contributed by atoms with van der Waals surface area (Å²) in [6, 6.07) is 5.19. The van der Waals surface area contributed by atoms with E-state index in [0.717, 1.165) is 12.8 Å². The van der Waals surface area contributed by atoms with Crippen LogP contribution in [0.2, 0.25) is 0 Å². The molecule has 3 aromatic rings. The molecule has 7 N–H and O–H groups in total. The van der Waals surface area contributed by atoms with Gasteiger partial charge in [-0.25, -0.2) is 14.8 Å². The molecular formula is C23H28N8O5. The number of fused-ring (bicyclic) bond motifs is 1. The lowest BCUT2D eigenvalue weighted by Crippen LogP contribution is -2.41. The van der Waals surface area contributed by atoms with Crippen LogP contribution in [0, 0.1) is 0 Å². The highest BCUT2D eigenvalue weighted by molar-refractivity contribution is 5.97. The number of nitrogens with zero attached hydrogens (tertiary/aromatic N) is 3. The number of carbonyl (C=O) groups is 3. The van der Waals surface area contributed by atoms with E-state index < -0.39 is 23.5 Å². The Balaban J connectivity index is 1.55. The number of nitrogens with one attached hydrogen (secondary N) is 4. The molecule has 2 aromatic heterocycles. The molecular weight excluding hydrogens is 468 g/mol. The van der Waals surface area contributed by atoms with Crippen molar-refractivity contribution in [1.82, 2.24) is 30.6 Å². The average Bonchev–Trinajstić information content (AvgIpc) is 2.85. The molecule has 0 radical (unpaired) electrons. The molecule has 36 heavy (non-hydrogen) atoms. The van der Waals surface area contributed by atoms with Crippen molar-refractivity contribution in [2.75, 3.05) is 17.6 Å². The van der Waals surface area contributed by atoms with Crippen LogP contribution in [0.3, 0.4) is 0 Å². The largest absolute Gasteiger partial charge is 0.480 e. The third-order valence-electron chi connectivity index (χ3n) is 5.22. The minimum atomic E-state index is -1.21. The normalized spacial score (nSPS) is 11.6. The van der Waals surface area contributed by atoms with Crippen molar-refractivity contribution in [1.29, 1.82) is 0 Å². The second-order valence-corrected chi connectivity index (χ2v) is 8.02. The van der Waals surface area contributed by atoms with Crippen molar-refractivity contribution in [3.8, 4) is 0 Å². The zero-order valence-corrected chi connectivity index (χ0v) is 19.7. The molecule has 190 valence electrons. The van der Waals surface area contributed by atoms with Crippen molar-refractivity contribution in [3.05, 3.63) is 52.1 Å². The van der Waals surface area contributed by atoms with Gasteiger partial charge >= 0.3 is 5.97 Å². The van der Waals surface area contributed by atoms with Gasteiger partial charge in [0.25, 0.3) is 11.5 Å². The smallest absolute Gasteiger partial charge is 0.326 e. The van der Waals surface area contributed by atoms with Gasteiger partial charge in [-0.3, -0.25) is 19.4 Å². The Bertz CT molecular complexity index is 1290. The lowest BCUT2D eigenvalue weighted by atomic mass is 10.1. The summed E-state index contributed by atoms with van der Waals surface area (Å²) in [7, 11) is 0. The van der Waals surface area contributed by atoms with Gasteiger partial charge < -0.3 is 26.8 Å². The second-order valence-electron chi connectivity index (χ2n) is 8.02. The third kappa shape index (κ3) is 7.22. The van der Waals surface area contributed by atoms with E-state index in [1.54, 1.807) is 12.1 Å². The van der Waals surface area contributed by atoms with Crippen LogP contribution in [0.25, 0.3) is 11.2 Å². The number of aliphatic carboxylic acids is 1. The van der Waals surface area contributed by atoms with Gasteiger partial charge in [-0.1, -0.05) is 13.3 Å². The van der Waals surface area contributed by atoms with Crippen molar-refractivity contribution in [3.63, 3.8) is 0 Å². The molecule has 0 fully saturated rings. The van der Waals surface area contributed by atoms with Crippen LogP contribution in [0.15, 0.2) is 35.3 Å². The quantitative estimate of drug-likeness (QED) is 0.194. The molecule has 0 aliphatic carbocycles. The molecule has 0 bridgehead atoms. The van der Waals surface area contributed by atoms with Crippen molar-refractivity contribution in [2.24, 2.45) is 0 Å². The van der Waals surface area contributed by atoms with Crippen LogP contribution in [0.5, 0.6) is 0 Å². The number of carboxylic acids is 1. The molecule has 0 saturated heterocycles. The number of nitrogen functional groups attached to an aromatic ring is 1. The first-order chi connectivity index (χ1) is 17.3. The predicted molar refractivity (Wildman–Crippen MR) is 132 cm³/mol. The standard InChI is InChI=1S/C23H28N8O5/c1-2-3-10-25-17(32)9-8-16(22(35)36)29-20(33)13-4-6-14(7-5-13)26-11-15-12-27-19-18(28-15)21(34)31-23(24)30-19/h4-7,12,16,26H,2-3,8-11H2,1H3,(H,25,32)(H,29,33)(H,35,36)(H3,24,27,30,31,34)/t16-/m0/s1. The molecule has 0 aliphatic heterocycles. The molecule has 0 saturated carbocycles. The van der Waals surface area contributed by atoms with E-state index in [9.17, 15) is 24.3 Å². The number of carboxylic acid groups (broad SMARTS) is 1. The number of hydrogen-bond donors (Lipinski definition) is 6. The number of unbranched alkanes of at least 4 members (excludes halogenated alkanes) is 1. The summed E-state index contributed by atoms with van der Waals surface area (Å²) in [5.74, 6) is -2.07. The van der Waals surface area contributed by atoms with E-state index in [4.69, 9.17) is 5.73 Å². The molecule has 0 spiro atoms. The fourth-order valence-electron chi connectivity index (χ4n) is 3.26. The maximum Gasteiger partial charge on any atom is 0.326 e. The Labute approximate surface area is 205 Å². The first-order valence-corrected chi connectivity index (χ1v) is 11.4. The number of aromatic nitrogens is 4. The Hall–Kier alpha value is -4.55. The average molecular weight is 497 g/mol. The highest BCUT2D eigenvalue weighted by Crippen LogP contribution is 2.12. The maximum absolute atomic E-state index is 12.5. The summed E-state index contributed by atoms with van der Waals surface area (Å²) in [5, 5.41) is 17.7. The van der Waals surface area contributed by atoms with E-state index in [1.165, 1.54) is 18.3 Å². The number of nitrogens with two attached hydrogens (primary N) is 1. The molecule has 0 unspecified atom stereocenters. The Kier molecular flexibility index (Phi) is 8.86. The highest BCUT2D eigenvalue weighted by atomic mass is 16.4. The van der Waals surface area contributed by atoms with Gasteiger partial charge in [0, 0.05) is 24.2 Å². The number of anilines is 2. The van der Waals surface area contributed by atoms with E-state index in [-0.39, 0.29) is 48.0 Å². The van der Waals surface area contributed by atoms with Crippen LogP contribution in [0.4, 0.5) is 11.6 Å². The van der Waals surface area contributed by atoms with Crippen LogP contribution >= 0.6 is 0 Å². The lowest BCUT2D eigenvalue weighted by molar-refractivity contribution is -0.139. The molecule has 2 amide bonds. The lowest BCUT2D eigenvalue weighted by Gasteiger charge is -2.15. The molecule has 2 heterocycles. The van der Waals surface area contributed by atoms with Gasteiger partial charge in [0.2, 0.25) is 11.9 Å². The number of amides is 2. The number of aromatic amines is 1. The summed E-state index contributed by atoms with van der Waals surface area (Å²) in [6.07, 6.45) is 3.24. The van der Waals surface area contributed by atoms with Gasteiger partial charge in [0.1, 0.15) is 6.04 Å². The van der Waals surface area contributed by atoms with E-state index in [1.807, 2.05) is 6.92 Å². The first-order valence-electron chi connectivity index (χ1n) is 11.4. The molecule has 13 nitrogen and oxygen atoms in total. The number of carbonyl (C=O) groups excluding carboxylic acids is 2. The first kappa shape index (κ1) is 26.1. The number of H-pyrrole nitrogens is 1. The van der Waals surface area contributed by atoms with Crippen molar-refractivity contribution < 1.29 is 19.5 Å². The number of hydrogen-bond acceptors (Lipinski definition) is 9. The van der Waals surface area contributed by atoms with Crippen molar-refractivity contribution >= 4 is 40.6 Å². The zero-order chi connectivity index (χ0) is 26.1. The number of benzene rings is 1. The van der Waals surface area contributed by atoms with Crippen LogP contribution in [0.1, 0.15) is 48.7 Å². The van der Waals surface area contributed by atoms with Gasteiger partial charge in [-0.15, -0.1) is 0 Å². The summed E-state index contributed by atoms with van der Waals surface area (Å²) < 4.78 is 0. The Morgan fingerprint density at radius 3 is 2.61 bits per heavy atom. The SMILES string of the molecule is CCCCNC(=O)CC[C@H](NC(=O)c1ccc(NCc2cnc3nc(N)[nH]c(=O)c3n2)cc1)C(=O)O. The molecule has 0 aliphatic rings. The monoisotopic (exact) mass is 496 g/mol. The van der Waals surface area contributed by atoms with E-state index in [2.05, 4.69) is 35.9 Å². The zero-order valence-electron chi connectivity index (χ0n) is 19.7. The highest BCUT2D eigenvalue weighted by Gasteiger charge is 2.21. The molecule has 1 aromatic carbocycles. The van der Waals surface area contributed by atoms with E-state index >= 15 is 0 Å². The van der Waals surface area contributed by atoms with Gasteiger partial charge in [-0.2, -0.15) is 4.98 Å². The summed E-state index contributed by atoms with van der Waals surface area (Å²) in [4.78, 5) is 62.5. The second kappa shape index (κ2) is 12.2. The fourth-order valence-corrected chi connectivity index (χ4v) is 3.26. The minimum Gasteiger partial charge on any atom is -0.480 e. The summed E-state index contributed by atoms with van der Waals surface area (Å²) in [5.41, 5.74) is 6.65. The Morgan fingerprint density at radius 1 is 1.17 bits per heavy atom. The summed E-state index contributed by atoms with van der Waals surface area (Å²) >= 11 is 0. The third-order valence-corrected chi connectivity index (χ3v) is 5.22. The van der Waals surface area contributed by atoms with Gasteiger partial charge in [-0.05, 0) is 37.1 Å². The van der Waals surface area contributed by atoms with Crippen LogP contribution < -0.4 is 27.2 Å². The van der Waals surface area contributed by atoms with Gasteiger partial charge in [0.05, 0.1) is 18.4 Å².